The molecule has 0 spiro atoms. The predicted molar refractivity (Wildman–Crippen MR) is 88.2 cm³/mol. The van der Waals surface area contributed by atoms with Gasteiger partial charge in [-0.15, -0.1) is 0 Å². The van der Waals surface area contributed by atoms with Crippen molar-refractivity contribution in [3.05, 3.63) is 35.9 Å². The fraction of sp³-hybridized carbons (Fsp3) is 0.588. The van der Waals surface area contributed by atoms with Crippen LogP contribution in [-0.2, 0) is 4.79 Å². The standard InChI is InChI=1S/C17H24N2OS/c1-2-6-15-18-16(13-7-4-3-5-8-13)17(20)19(15)14-9-11-21-12-10-14/h3-5,7-8,14-16,18H,2,6,9-12H2,1H3. The lowest BCUT2D eigenvalue weighted by Gasteiger charge is -2.35. The molecule has 1 aromatic rings. The summed E-state index contributed by atoms with van der Waals surface area (Å²) in [6.45, 7) is 2.19. The first-order valence-corrected chi connectivity index (χ1v) is 9.17. The Bertz CT molecular complexity index is 473. The van der Waals surface area contributed by atoms with Crippen molar-refractivity contribution in [1.82, 2.24) is 10.2 Å². The van der Waals surface area contributed by atoms with Crippen LogP contribution in [0, 0.1) is 0 Å². The first kappa shape index (κ1) is 14.9. The lowest BCUT2D eigenvalue weighted by Crippen LogP contribution is -2.46. The van der Waals surface area contributed by atoms with E-state index in [9.17, 15) is 4.79 Å². The molecule has 0 bridgehead atoms. The van der Waals surface area contributed by atoms with Gasteiger partial charge in [0, 0.05) is 6.04 Å². The molecule has 2 atom stereocenters. The van der Waals surface area contributed by atoms with Gasteiger partial charge in [0.25, 0.3) is 0 Å². The van der Waals surface area contributed by atoms with E-state index in [1.165, 1.54) is 11.5 Å². The van der Waals surface area contributed by atoms with Gasteiger partial charge in [0.1, 0.15) is 6.04 Å². The molecule has 2 aliphatic heterocycles. The Morgan fingerprint density at radius 3 is 2.62 bits per heavy atom. The number of benzene rings is 1. The van der Waals surface area contributed by atoms with Crippen LogP contribution in [0.2, 0.25) is 0 Å². The number of thioether (sulfide) groups is 1. The third-order valence-corrected chi connectivity index (χ3v) is 5.52. The lowest BCUT2D eigenvalue weighted by atomic mass is 10.1. The van der Waals surface area contributed by atoms with Gasteiger partial charge < -0.3 is 4.90 Å². The molecule has 0 saturated carbocycles. The van der Waals surface area contributed by atoms with E-state index in [1.54, 1.807) is 0 Å². The number of hydrogen-bond donors (Lipinski definition) is 1. The molecule has 21 heavy (non-hydrogen) atoms. The minimum Gasteiger partial charge on any atom is -0.322 e. The first-order valence-electron chi connectivity index (χ1n) is 8.02. The van der Waals surface area contributed by atoms with Gasteiger partial charge in [-0.2, -0.15) is 11.8 Å². The molecule has 2 heterocycles. The molecule has 3 nitrogen and oxygen atoms in total. The quantitative estimate of drug-likeness (QED) is 0.927. The summed E-state index contributed by atoms with van der Waals surface area (Å²) in [7, 11) is 0. The highest BCUT2D eigenvalue weighted by Crippen LogP contribution is 2.32. The summed E-state index contributed by atoms with van der Waals surface area (Å²) in [5.41, 5.74) is 1.09. The molecule has 1 N–H and O–H groups in total. The largest absolute Gasteiger partial charge is 0.322 e. The van der Waals surface area contributed by atoms with E-state index >= 15 is 0 Å². The summed E-state index contributed by atoms with van der Waals surface area (Å²) >= 11 is 2.01. The highest BCUT2D eigenvalue weighted by atomic mass is 32.2. The van der Waals surface area contributed by atoms with Crippen molar-refractivity contribution < 1.29 is 4.79 Å². The van der Waals surface area contributed by atoms with Crippen molar-refractivity contribution in [3.8, 4) is 0 Å². The fourth-order valence-corrected chi connectivity index (χ4v) is 4.51. The molecule has 4 heteroatoms. The van der Waals surface area contributed by atoms with Crippen LogP contribution in [0.4, 0.5) is 0 Å². The third-order valence-electron chi connectivity index (χ3n) is 4.48. The van der Waals surface area contributed by atoms with Gasteiger partial charge >= 0.3 is 0 Å². The highest BCUT2D eigenvalue weighted by Gasteiger charge is 2.42. The molecule has 3 rings (SSSR count). The summed E-state index contributed by atoms with van der Waals surface area (Å²) in [5, 5.41) is 3.57. The van der Waals surface area contributed by atoms with E-state index in [0.717, 1.165) is 31.2 Å². The summed E-state index contributed by atoms with van der Waals surface area (Å²) < 4.78 is 0. The molecule has 2 saturated heterocycles. The van der Waals surface area contributed by atoms with E-state index in [0.29, 0.717) is 6.04 Å². The Kier molecular flexibility index (Phi) is 4.86. The molecular formula is C17H24N2OS. The van der Waals surface area contributed by atoms with Gasteiger partial charge in [-0.1, -0.05) is 43.7 Å². The molecule has 2 fully saturated rings. The van der Waals surface area contributed by atoms with E-state index in [4.69, 9.17) is 0 Å². The SMILES string of the molecule is CCCC1NC(c2ccccc2)C(=O)N1C1CCSCC1. The zero-order valence-electron chi connectivity index (χ0n) is 12.6. The van der Waals surface area contributed by atoms with Gasteiger partial charge in [-0.05, 0) is 36.3 Å². The van der Waals surface area contributed by atoms with Gasteiger partial charge in [-0.25, -0.2) is 0 Å². The van der Waals surface area contributed by atoms with Crippen molar-refractivity contribution >= 4 is 17.7 Å². The van der Waals surface area contributed by atoms with E-state index in [2.05, 4.69) is 29.3 Å². The van der Waals surface area contributed by atoms with Crippen molar-refractivity contribution in [2.24, 2.45) is 0 Å². The van der Waals surface area contributed by atoms with Crippen molar-refractivity contribution in [3.63, 3.8) is 0 Å². The van der Waals surface area contributed by atoms with Crippen LogP contribution >= 0.6 is 11.8 Å². The minimum absolute atomic E-state index is 0.155. The average Bonchev–Trinajstić information content (AvgIpc) is 2.86. The normalized spacial score (nSPS) is 27.3. The van der Waals surface area contributed by atoms with Gasteiger partial charge in [0.05, 0.1) is 6.17 Å². The molecule has 1 aromatic carbocycles. The van der Waals surface area contributed by atoms with E-state index in [-0.39, 0.29) is 18.1 Å². The number of nitrogens with zero attached hydrogens (tertiary/aromatic N) is 1. The average molecular weight is 304 g/mol. The zero-order chi connectivity index (χ0) is 14.7. The second kappa shape index (κ2) is 6.84. The second-order valence-corrected chi connectivity index (χ2v) is 7.13. The fourth-order valence-electron chi connectivity index (χ4n) is 3.42. The van der Waals surface area contributed by atoms with Crippen LogP contribution in [0.5, 0.6) is 0 Å². The maximum Gasteiger partial charge on any atom is 0.245 e. The molecule has 2 aliphatic rings. The van der Waals surface area contributed by atoms with Crippen LogP contribution in [0.15, 0.2) is 30.3 Å². The van der Waals surface area contributed by atoms with Crippen molar-refractivity contribution in [2.75, 3.05) is 11.5 Å². The van der Waals surface area contributed by atoms with E-state index in [1.807, 2.05) is 30.0 Å². The molecule has 1 amide bonds. The molecule has 0 aliphatic carbocycles. The molecule has 0 aromatic heterocycles. The zero-order valence-corrected chi connectivity index (χ0v) is 13.4. The molecule has 114 valence electrons. The Labute approximate surface area is 131 Å². The summed E-state index contributed by atoms with van der Waals surface area (Å²) in [4.78, 5) is 15.1. The van der Waals surface area contributed by atoms with Crippen LogP contribution in [0.3, 0.4) is 0 Å². The van der Waals surface area contributed by atoms with Crippen LogP contribution < -0.4 is 5.32 Å². The van der Waals surface area contributed by atoms with E-state index < -0.39 is 0 Å². The van der Waals surface area contributed by atoms with Gasteiger partial charge in [0.15, 0.2) is 0 Å². The summed E-state index contributed by atoms with van der Waals surface area (Å²) in [6.07, 6.45) is 4.63. The number of carbonyl (C=O) groups is 1. The maximum atomic E-state index is 12.9. The van der Waals surface area contributed by atoms with Crippen LogP contribution in [0.25, 0.3) is 0 Å². The Hall–Kier alpha value is -1.00. The molecular weight excluding hydrogens is 280 g/mol. The lowest BCUT2D eigenvalue weighted by molar-refractivity contribution is -0.132. The smallest absolute Gasteiger partial charge is 0.245 e. The van der Waals surface area contributed by atoms with Crippen LogP contribution in [0.1, 0.15) is 44.2 Å². The monoisotopic (exact) mass is 304 g/mol. The highest BCUT2D eigenvalue weighted by molar-refractivity contribution is 7.99. The first-order chi connectivity index (χ1) is 10.3. The second-order valence-electron chi connectivity index (χ2n) is 5.90. The number of amides is 1. The summed E-state index contributed by atoms with van der Waals surface area (Å²) in [6, 6.07) is 10.4. The van der Waals surface area contributed by atoms with Crippen molar-refractivity contribution in [2.45, 2.75) is 50.9 Å². The number of carbonyl (C=O) groups excluding carboxylic acids is 1. The Balaban J connectivity index is 1.81. The number of hydrogen-bond acceptors (Lipinski definition) is 3. The number of nitrogens with one attached hydrogen (secondary N) is 1. The third kappa shape index (κ3) is 3.11. The van der Waals surface area contributed by atoms with Gasteiger partial charge in [-0.3, -0.25) is 10.1 Å². The van der Waals surface area contributed by atoms with Crippen molar-refractivity contribution in [1.29, 1.82) is 0 Å². The predicted octanol–water partition coefficient (Wildman–Crippen LogP) is 3.18. The van der Waals surface area contributed by atoms with Crippen LogP contribution in [-0.4, -0.2) is 34.5 Å². The molecule has 2 unspecified atom stereocenters. The maximum absolute atomic E-state index is 12.9. The Morgan fingerprint density at radius 2 is 1.95 bits per heavy atom. The Morgan fingerprint density at radius 1 is 1.24 bits per heavy atom. The van der Waals surface area contributed by atoms with Gasteiger partial charge in [0.2, 0.25) is 5.91 Å². The summed E-state index contributed by atoms with van der Waals surface area (Å²) in [5.74, 6) is 2.64. The topological polar surface area (TPSA) is 32.3 Å². The minimum atomic E-state index is -0.155. The molecule has 0 radical (unpaired) electrons. The number of rotatable bonds is 4.